The molecule has 14 heavy (non-hydrogen) atoms. The van der Waals surface area contributed by atoms with Crippen LogP contribution in [-0.4, -0.2) is 23.5 Å². The van der Waals surface area contributed by atoms with Crippen molar-refractivity contribution >= 4 is 16.4 Å². The van der Waals surface area contributed by atoms with E-state index in [-0.39, 0.29) is 0 Å². The van der Waals surface area contributed by atoms with E-state index < -0.39 is 16.4 Å². The van der Waals surface area contributed by atoms with E-state index in [1.54, 1.807) is 0 Å². The molecule has 0 heterocycles. The van der Waals surface area contributed by atoms with E-state index in [0.717, 1.165) is 0 Å². The van der Waals surface area contributed by atoms with Crippen LogP contribution in [0.4, 0.5) is 0 Å². The van der Waals surface area contributed by atoms with Crippen LogP contribution in [0.15, 0.2) is 12.3 Å². The fourth-order valence-electron chi connectivity index (χ4n) is 1.65. The van der Waals surface area contributed by atoms with Gasteiger partial charge in [-0.15, -0.1) is 12.3 Å². The van der Waals surface area contributed by atoms with Crippen molar-refractivity contribution in [3.05, 3.63) is 12.3 Å². The standard InChI is InChI=1S/C11H26OSi2/c1-7-14(8-2,9-3)11-10-13(5,6)12-4/h7H,1,8-11H2,2-6H3. The van der Waals surface area contributed by atoms with Crippen LogP contribution in [0.1, 0.15) is 13.8 Å². The maximum absolute atomic E-state index is 5.59. The van der Waals surface area contributed by atoms with Crippen LogP contribution in [0.25, 0.3) is 0 Å². The first-order chi connectivity index (χ1) is 6.45. The molecule has 0 aromatic heterocycles. The van der Waals surface area contributed by atoms with Gasteiger partial charge in [0.1, 0.15) is 0 Å². The molecule has 0 aliphatic heterocycles. The van der Waals surface area contributed by atoms with E-state index in [9.17, 15) is 0 Å². The maximum Gasteiger partial charge on any atom is 0.185 e. The van der Waals surface area contributed by atoms with Crippen molar-refractivity contribution in [2.45, 2.75) is 51.1 Å². The van der Waals surface area contributed by atoms with Crippen molar-refractivity contribution in [3.63, 3.8) is 0 Å². The normalized spacial score (nSPS) is 12.9. The fraction of sp³-hybridized carbons (Fsp3) is 0.818. The Morgan fingerprint density at radius 1 is 1.14 bits per heavy atom. The molecule has 0 aromatic carbocycles. The third kappa shape index (κ3) is 4.11. The van der Waals surface area contributed by atoms with Gasteiger partial charge < -0.3 is 4.43 Å². The van der Waals surface area contributed by atoms with Gasteiger partial charge in [-0.1, -0.05) is 32.0 Å². The van der Waals surface area contributed by atoms with Crippen molar-refractivity contribution in [1.82, 2.24) is 0 Å². The molecule has 0 fully saturated rings. The highest BCUT2D eigenvalue weighted by molar-refractivity contribution is 6.86. The molecule has 0 atom stereocenters. The van der Waals surface area contributed by atoms with E-state index >= 15 is 0 Å². The Hall–Kier alpha value is 0.134. The van der Waals surface area contributed by atoms with Gasteiger partial charge in [-0.25, -0.2) is 0 Å². The number of hydrogen-bond acceptors (Lipinski definition) is 1. The summed E-state index contributed by atoms with van der Waals surface area (Å²) in [5.74, 6) is 0. The lowest BCUT2D eigenvalue weighted by Crippen LogP contribution is -2.36. The quantitative estimate of drug-likeness (QED) is 0.600. The second kappa shape index (κ2) is 5.88. The predicted molar refractivity (Wildman–Crippen MR) is 71.0 cm³/mol. The van der Waals surface area contributed by atoms with Crippen LogP contribution >= 0.6 is 0 Å². The molecule has 0 saturated heterocycles. The minimum absolute atomic E-state index is 1.12. The molecule has 0 N–H and O–H groups in total. The Morgan fingerprint density at radius 3 is 1.93 bits per heavy atom. The van der Waals surface area contributed by atoms with E-state index in [0.29, 0.717) is 0 Å². The molecule has 0 radical (unpaired) electrons. The summed E-state index contributed by atoms with van der Waals surface area (Å²) in [5, 5.41) is 0. The van der Waals surface area contributed by atoms with Crippen LogP contribution < -0.4 is 0 Å². The van der Waals surface area contributed by atoms with Crippen molar-refractivity contribution < 1.29 is 4.43 Å². The summed E-state index contributed by atoms with van der Waals surface area (Å²) in [7, 11) is -0.611. The molecule has 1 nitrogen and oxygen atoms in total. The zero-order chi connectivity index (χ0) is 11.2. The lowest BCUT2D eigenvalue weighted by Gasteiger charge is -2.29. The van der Waals surface area contributed by atoms with E-state index in [1.165, 1.54) is 24.2 Å². The second-order valence-electron chi connectivity index (χ2n) is 4.74. The van der Waals surface area contributed by atoms with Crippen molar-refractivity contribution in [2.24, 2.45) is 0 Å². The molecule has 0 amide bonds. The van der Waals surface area contributed by atoms with E-state index in [4.69, 9.17) is 4.43 Å². The lowest BCUT2D eigenvalue weighted by atomic mass is 10.9. The SMILES string of the molecule is C=C[Si](CC)(CC)CC[Si](C)(C)OC. The molecule has 0 aliphatic rings. The van der Waals surface area contributed by atoms with Gasteiger partial charge in [-0.2, -0.15) is 0 Å². The van der Waals surface area contributed by atoms with Crippen molar-refractivity contribution in [1.29, 1.82) is 0 Å². The highest BCUT2D eigenvalue weighted by atomic mass is 28.4. The van der Waals surface area contributed by atoms with Crippen LogP contribution in [-0.2, 0) is 4.43 Å². The molecule has 0 unspecified atom stereocenters. The Kier molecular flexibility index (Phi) is 5.94. The Bertz CT molecular complexity index is 174. The number of rotatable bonds is 7. The summed E-state index contributed by atoms with van der Waals surface area (Å²) < 4.78 is 5.59. The summed E-state index contributed by atoms with van der Waals surface area (Å²) in [5.41, 5.74) is 2.28. The predicted octanol–water partition coefficient (Wildman–Crippen LogP) is 4.05. The fourth-order valence-corrected chi connectivity index (χ4v) is 8.24. The molecule has 0 bridgehead atoms. The summed E-state index contributed by atoms with van der Waals surface area (Å²) in [6.07, 6.45) is 0. The molecular formula is C11H26OSi2. The van der Waals surface area contributed by atoms with Gasteiger partial charge in [0.2, 0.25) is 0 Å². The van der Waals surface area contributed by atoms with Crippen LogP contribution in [0.3, 0.4) is 0 Å². The number of hydrogen-bond donors (Lipinski definition) is 0. The third-order valence-corrected chi connectivity index (χ3v) is 11.6. The monoisotopic (exact) mass is 230 g/mol. The average Bonchev–Trinajstić information content (AvgIpc) is 2.21. The first-order valence-electron chi connectivity index (χ1n) is 5.64. The Morgan fingerprint density at radius 2 is 1.64 bits per heavy atom. The zero-order valence-corrected chi connectivity index (χ0v) is 12.5. The summed E-state index contributed by atoms with van der Waals surface area (Å²) in [4.78, 5) is 0. The molecule has 0 aliphatic carbocycles. The van der Waals surface area contributed by atoms with Gasteiger partial charge in [0.25, 0.3) is 0 Å². The van der Waals surface area contributed by atoms with Crippen LogP contribution in [0, 0.1) is 0 Å². The lowest BCUT2D eigenvalue weighted by molar-refractivity contribution is 0.405. The van der Waals surface area contributed by atoms with E-state index in [2.05, 4.69) is 39.2 Å². The van der Waals surface area contributed by atoms with Crippen molar-refractivity contribution in [2.75, 3.05) is 7.11 Å². The molecule has 84 valence electrons. The molecule has 0 spiro atoms. The first kappa shape index (κ1) is 14.1. The van der Waals surface area contributed by atoms with E-state index in [1.807, 2.05) is 7.11 Å². The van der Waals surface area contributed by atoms with Gasteiger partial charge in [-0.3, -0.25) is 0 Å². The smallest absolute Gasteiger partial charge is 0.185 e. The molecular weight excluding hydrogens is 204 g/mol. The molecule has 0 saturated carbocycles. The van der Waals surface area contributed by atoms with Gasteiger partial charge in [-0.05, 0) is 19.1 Å². The highest BCUT2D eigenvalue weighted by Gasteiger charge is 2.29. The minimum atomic E-state index is -1.35. The Balaban J connectivity index is 4.26. The van der Waals surface area contributed by atoms with Gasteiger partial charge in [0.05, 0.1) is 8.07 Å². The van der Waals surface area contributed by atoms with Crippen LogP contribution in [0.5, 0.6) is 0 Å². The van der Waals surface area contributed by atoms with Crippen LogP contribution in [0.2, 0.25) is 37.3 Å². The van der Waals surface area contributed by atoms with Gasteiger partial charge in [0, 0.05) is 7.11 Å². The summed E-state index contributed by atoms with van der Waals surface area (Å²) in [6, 6.07) is 5.34. The minimum Gasteiger partial charge on any atom is -0.420 e. The molecule has 0 rings (SSSR count). The maximum atomic E-state index is 5.59. The second-order valence-corrected chi connectivity index (χ2v) is 14.2. The third-order valence-electron chi connectivity index (χ3n) is 3.62. The van der Waals surface area contributed by atoms with Gasteiger partial charge in [0.15, 0.2) is 8.32 Å². The molecule has 0 aromatic rings. The Labute approximate surface area is 91.7 Å². The first-order valence-corrected chi connectivity index (χ1v) is 11.5. The summed E-state index contributed by atoms with van der Waals surface area (Å²) >= 11 is 0. The zero-order valence-electron chi connectivity index (χ0n) is 10.5. The molecule has 3 heteroatoms. The largest absolute Gasteiger partial charge is 0.420 e. The van der Waals surface area contributed by atoms with Gasteiger partial charge >= 0.3 is 0 Å². The van der Waals surface area contributed by atoms with Crippen molar-refractivity contribution in [3.8, 4) is 0 Å². The summed E-state index contributed by atoms with van der Waals surface area (Å²) in [6.45, 7) is 13.3. The topological polar surface area (TPSA) is 9.23 Å². The average molecular weight is 230 g/mol. The highest BCUT2D eigenvalue weighted by Crippen LogP contribution is 2.27.